The number of methoxy groups -OCH3 is 1. The van der Waals surface area contributed by atoms with E-state index >= 15 is 0 Å². The summed E-state index contributed by atoms with van der Waals surface area (Å²) in [6, 6.07) is 8.21. The van der Waals surface area contributed by atoms with Crippen molar-refractivity contribution in [1.29, 1.82) is 0 Å². The normalized spacial score (nSPS) is 14.7. The SMILES string of the molecule is COc1ccccc1C(C(C)N)N(CCO)C(C)C. The van der Waals surface area contributed by atoms with Crippen LogP contribution in [0, 0.1) is 0 Å². The summed E-state index contributed by atoms with van der Waals surface area (Å²) in [4.78, 5) is 2.21. The van der Waals surface area contributed by atoms with Gasteiger partial charge >= 0.3 is 0 Å². The molecule has 0 radical (unpaired) electrons. The summed E-state index contributed by atoms with van der Waals surface area (Å²) in [5.74, 6) is 0.841. The number of benzene rings is 1. The molecule has 1 aromatic rings. The zero-order valence-corrected chi connectivity index (χ0v) is 12.3. The minimum atomic E-state index is -0.0507. The number of nitrogens with two attached hydrogens (primary N) is 1. The predicted molar refractivity (Wildman–Crippen MR) is 78.3 cm³/mol. The number of aliphatic hydroxyl groups excluding tert-OH is 1. The third-order valence-electron chi connectivity index (χ3n) is 3.33. The molecule has 0 saturated heterocycles. The lowest BCUT2D eigenvalue weighted by Gasteiger charge is -2.37. The molecule has 0 aliphatic heterocycles. The Bertz CT molecular complexity index is 380. The van der Waals surface area contributed by atoms with Crippen LogP contribution in [-0.2, 0) is 0 Å². The molecular weight excluding hydrogens is 240 g/mol. The molecule has 0 bridgehead atoms. The molecule has 0 aromatic heterocycles. The molecule has 3 N–H and O–H groups in total. The number of ether oxygens (including phenoxy) is 1. The Morgan fingerprint density at radius 2 is 1.89 bits per heavy atom. The Morgan fingerprint density at radius 3 is 2.37 bits per heavy atom. The van der Waals surface area contributed by atoms with Crippen LogP contribution < -0.4 is 10.5 Å². The van der Waals surface area contributed by atoms with Gasteiger partial charge in [0.1, 0.15) is 5.75 Å². The Morgan fingerprint density at radius 1 is 1.26 bits per heavy atom. The van der Waals surface area contributed by atoms with E-state index in [4.69, 9.17) is 10.5 Å². The smallest absolute Gasteiger partial charge is 0.123 e. The maximum Gasteiger partial charge on any atom is 0.123 e. The summed E-state index contributed by atoms with van der Waals surface area (Å²) in [7, 11) is 1.67. The zero-order valence-electron chi connectivity index (χ0n) is 12.3. The van der Waals surface area contributed by atoms with Gasteiger partial charge in [-0.3, -0.25) is 4.90 Å². The van der Waals surface area contributed by atoms with E-state index in [0.29, 0.717) is 12.6 Å². The molecule has 2 atom stereocenters. The molecule has 0 aliphatic rings. The van der Waals surface area contributed by atoms with Gasteiger partial charge in [0.15, 0.2) is 0 Å². The topological polar surface area (TPSA) is 58.7 Å². The Kier molecular flexibility index (Phi) is 6.28. The van der Waals surface area contributed by atoms with Crippen molar-refractivity contribution in [3.8, 4) is 5.75 Å². The molecule has 108 valence electrons. The monoisotopic (exact) mass is 266 g/mol. The second kappa shape index (κ2) is 7.48. The van der Waals surface area contributed by atoms with Crippen molar-refractivity contribution in [1.82, 2.24) is 4.90 Å². The largest absolute Gasteiger partial charge is 0.496 e. The molecule has 0 saturated carbocycles. The summed E-state index contributed by atoms with van der Waals surface area (Å²) >= 11 is 0. The standard InChI is InChI=1S/C15H26N2O2/c1-11(2)17(9-10-18)15(12(3)16)13-7-5-6-8-14(13)19-4/h5-8,11-12,15,18H,9-10,16H2,1-4H3. The summed E-state index contributed by atoms with van der Waals surface area (Å²) in [6.45, 7) is 6.93. The van der Waals surface area contributed by atoms with E-state index in [1.165, 1.54) is 0 Å². The lowest BCUT2D eigenvalue weighted by molar-refractivity contribution is 0.104. The second-order valence-corrected chi connectivity index (χ2v) is 5.10. The first kappa shape index (κ1) is 16.0. The van der Waals surface area contributed by atoms with Gasteiger partial charge in [-0.1, -0.05) is 18.2 Å². The third-order valence-corrected chi connectivity index (χ3v) is 3.33. The minimum absolute atomic E-state index is 0.0308. The summed E-state index contributed by atoms with van der Waals surface area (Å²) in [5, 5.41) is 9.28. The van der Waals surface area contributed by atoms with Gasteiger partial charge in [-0.25, -0.2) is 0 Å². The van der Waals surface area contributed by atoms with E-state index in [0.717, 1.165) is 11.3 Å². The van der Waals surface area contributed by atoms with Crippen molar-refractivity contribution in [3.05, 3.63) is 29.8 Å². The molecule has 1 aromatic carbocycles. The maximum absolute atomic E-state index is 9.28. The van der Waals surface area contributed by atoms with Crippen LogP contribution in [-0.4, -0.2) is 42.4 Å². The van der Waals surface area contributed by atoms with E-state index in [2.05, 4.69) is 18.7 Å². The van der Waals surface area contributed by atoms with Gasteiger partial charge in [0.05, 0.1) is 19.8 Å². The van der Waals surface area contributed by atoms with Crippen LogP contribution in [0.1, 0.15) is 32.4 Å². The highest BCUT2D eigenvalue weighted by molar-refractivity contribution is 5.36. The van der Waals surface area contributed by atoms with Gasteiger partial charge in [-0.2, -0.15) is 0 Å². The lowest BCUT2D eigenvalue weighted by Crippen LogP contribution is -2.44. The minimum Gasteiger partial charge on any atom is -0.496 e. The van der Waals surface area contributed by atoms with Crippen LogP contribution in [0.5, 0.6) is 5.75 Å². The molecule has 0 aliphatic carbocycles. The molecule has 2 unspecified atom stereocenters. The van der Waals surface area contributed by atoms with Crippen LogP contribution in [0.4, 0.5) is 0 Å². The molecule has 4 heteroatoms. The fourth-order valence-corrected chi connectivity index (χ4v) is 2.51. The lowest BCUT2D eigenvalue weighted by atomic mass is 9.97. The molecular formula is C15H26N2O2. The maximum atomic E-state index is 9.28. The summed E-state index contributed by atoms with van der Waals surface area (Å²) < 4.78 is 5.44. The van der Waals surface area contributed by atoms with Crippen molar-refractivity contribution in [3.63, 3.8) is 0 Å². The van der Waals surface area contributed by atoms with Crippen LogP contribution in [0.15, 0.2) is 24.3 Å². The highest BCUT2D eigenvalue weighted by Gasteiger charge is 2.28. The Balaban J connectivity index is 3.18. The van der Waals surface area contributed by atoms with Crippen molar-refractivity contribution in [2.45, 2.75) is 38.9 Å². The van der Waals surface area contributed by atoms with Gasteiger partial charge in [0.25, 0.3) is 0 Å². The highest BCUT2D eigenvalue weighted by Crippen LogP contribution is 2.32. The van der Waals surface area contributed by atoms with E-state index < -0.39 is 0 Å². The molecule has 1 rings (SSSR count). The fourth-order valence-electron chi connectivity index (χ4n) is 2.51. The molecule has 19 heavy (non-hydrogen) atoms. The number of rotatable bonds is 7. The van der Waals surface area contributed by atoms with Crippen molar-refractivity contribution >= 4 is 0 Å². The zero-order chi connectivity index (χ0) is 14.4. The van der Waals surface area contributed by atoms with Gasteiger partial charge in [0, 0.05) is 24.2 Å². The molecule has 0 spiro atoms. The molecule has 4 nitrogen and oxygen atoms in total. The highest BCUT2D eigenvalue weighted by atomic mass is 16.5. The predicted octanol–water partition coefficient (Wildman–Crippen LogP) is 1.79. The number of para-hydroxylation sites is 1. The average Bonchev–Trinajstić information content (AvgIpc) is 2.38. The van der Waals surface area contributed by atoms with Crippen molar-refractivity contribution in [2.75, 3.05) is 20.3 Å². The van der Waals surface area contributed by atoms with Crippen molar-refractivity contribution in [2.24, 2.45) is 5.73 Å². The average molecular weight is 266 g/mol. The quantitative estimate of drug-likeness (QED) is 0.790. The first-order valence-electron chi connectivity index (χ1n) is 6.78. The van der Waals surface area contributed by atoms with Gasteiger partial charge in [0.2, 0.25) is 0 Å². The van der Waals surface area contributed by atoms with Crippen LogP contribution >= 0.6 is 0 Å². The third kappa shape index (κ3) is 3.93. The first-order valence-corrected chi connectivity index (χ1v) is 6.78. The van der Waals surface area contributed by atoms with E-state index in [-0.39, 0.29) is 18.7 Å². The van der Waals surface area contributed by atoms with Gasteiger partial charge < -0.3 is 15.6 Å². The van der Waals surface area contributed by atoms with Gasteiger partial charge in [-0.15, -0.1) is 0 Å². The number of hydrogen-bond donors (Lipinski definition) is 2. The first-order chi connectivity index (χ1) is 9.02. The van der Waals surface area contributed by atoms with E-state index in [9.17, 15) is 5.11 Å². The summed E-state index contributed by atoms with van der Waals surface area (Å²) in [5.41, 5.74) is 7.25. The van der Waals surface area contributed by atoms with Crippen molar-refractivity contribution < 1.29 is 9.84 Å². The second-order valence-electron chi connectivity index (χ2n) is 5.10. The number of hydrogen-bond acceptors (Lipinski definition) is 4. The molecule has 0 amide bonds. The van der Waals surface area contributed by atoms with Gasteiger partial charge in [-0.05, 0) is 26.8 Å². The fraction of sp³-hybridized carbons (Fsp3) is 0.600. The Labute approximate surface area is 116 Å². The van der Waals surface area contributed by atoms with E-state index in [1.54, 1.807) is 7.11 Å². The Hall–Kier alpha value is -1.10. The number of nitrogens with zero attached hydrogens (tertiary/aromatic N) is 1. The van der Waals surface area contributed by atoms with Crippen LogP contribution in [0.25, 0.3) is 0 Å². The summed E-state index contributed by atoms with van der Waals surface area (Å²) in [6.07, 6.45) is 0. The number of aliphatic hydroxyl groups is 1. The van der Waals surface area contributed by atoms with Crippen LogP contribution in [0.2, 0.25) is 0 Å². The molecule has 0 heterocycles. The van der Waals surface area contributed by atoms with E-state index in [1.807, 2.05) is 31.2 Å². The van der Waals surface area contributed by atoms with Crippen LogP contribution in [0.3, 0.4) is 0 Å². The molecule has 0 fully saturated rings.